The fourth-order valence-electron chi connectivity index (χ4n) is 2.30. The monoisotopic (exact) mass is 393 g/mol. The lowest BCUT2D eigenvalue weighted by molar-refractivity contribution is 0.353. The Labute approximate surface area is 155 Å². The minimum absolute atomic E-state index is 0.00250. The van der Waals surface area contributed by atoms with Crippen molar-refractivity contribution in [2.75, 3.05) is 14.2 Å². The van der Waals surface area contributed by atoms with Crippen LogP contribution in [0.4, 0.5) is 4.39 Å². The van der Waals surface area contributed by atoms with Gasteiger partial charge in [0.05, 0.1) is 31.2 Å². The molecule has 0 bridgehead atoms. The molecule has 2 aromatic carbocycles. The first-order valence-electron chi connectivity index (χ1n) is 7.74. The molecule has 142 valence electrons. The van der Waals surface area contributed by atoms with E-state index in [2.05, 4.69) is 14.9 Å². The topological polar surface area (TPSA) is 104 Å². The Hall–Kier alpha value is -2.98. The van der Waals surface area contributed by atoms with Gasteiger partial charge in [0.25, 0.3) is 0 Å². The van der Waals surface area contributed by atoms with Gasteiger partial charge in [-0.2, -0.15) is 4.98 Å². The molecule has 0 aliphatic rings. The highest BCUT2D eigenvalue weighted by atomic mass is 32.2. The number of sulfonamides is 1. The minimum atomic E-state index is -3.87. The fourth-order valence-corrected chi connectivity index (χ4v) is 3.29. The first kappa shape index (κ1) is 18.8. The van der Waals surface area contributed by atoms with Gasteiger partial charge in [0.1, 0.15) is 5.82 Å². The molecule has 0 aliphatic carbocycles. The average molecular weight is 393 g/mol. The summed E-state index contributed by atoms with van der Waals surface area (Å²) in [5.74, 6) is 0.212. The van der Waals surface area contributed by atoms with Gasteiger partial charge < -0.3 is 14.0 Å². The zero-order chi connectivity index (χ0) is 19.4. The number of halogens is 1. The number of methoxy groups -OCH3 is 2. The molecule has 0 amide bonds. The van der Waals surface area contributed by atoms with Crippen LogP contribution in [0, 0.1) is 5.82 Å². The Bertz CT molecular complexity index is 1050. The highest BCUT2D eigenvalue weighted by molar-refractivity contribution is 7.89. The third kappa shape index (κ3) is 4.07. The number of hydrogen-bond donors (Lipinski definition) is 1. The van der Waals surface area contributed by atoms with Gasteiger partial charge in [0.15, 0.2) is 11.5 Å². The molecule has 1 aromatic heterocycles. The van der Waals surface area contributed by atoms with Crippen molar-refractivity contribution in [1.82, 2.24) is 14.9 Å². The smallest absolute Gasteiger partial charge is 0.242 e. The maximum absolute atomic E-state index is 13.8. The molecule has 0 saturated heterocycles. The van der Waals surface area contributed by atoms with Crippen molar-refractivity contribution in [2.24, 2.45) is 0 Å². The summed E-state index contributed by atoms with van der Waals surface area (Å²) in [6, 6.07) is 10.1. The summed E-state index contributed by atoms with van der Waals surface area (Å²) >= 11 is 0. The van der Waals surface area contributed by atoms with Crippen molar-refractivity contribution < 1.29 is 26.8 Å². The molecular weight excluding hydrogens is 377 g/mol. The summed E-state index contributed by atoms with van der Waals surface area (Å²) < 4.78 is 56.2. The summed E-state index contributed by atoms with van der Waals surface area (Å²) in [5, 5.41) is 3.67. The Morgan fingerprint density at radius 1 is 1.11 bits per heavy atom. The van der Waals surface area contributed by atoms with E-state index < -0.39 is 15.8 Å². The third-order valence-electron chi connectivity index (χ3n) is 3.66. The predicted molar refractivity (Wildman–Crippen MR) is 93.3 cm³/mol. The van der Waals surface area contributed by atoms with Crippen LogP contribution in [0.3, 0.4) is 0 Å². The number of aromatic nitrogens is 2. The van der Waals surface area contributed by atoms with E-state index in [0.29, 0.717) is 5.75 Å². The van der Waals surface area contributed by atoms with Gasteiger partial charge in [-0.05, 0) is 24.3 Å². The van der Waals surface area contributed by atoms with Gasteiger partial charge in [-0.1, -0.05) is 17.3 Å². The molecule has 0 fully saturated rings. The molecule has 10 heteroatoms. The molecule has 0 radical (unpaired) electrons. The van der Waals surface area contributed by atoms with Crippen LogP contribution in [0.2, 0.25) is 0 Å². The van der Waals surface area contributed by atoms with Gasteiger partial charge in [0.2, 0.25) is 21.7 Å². The second-order valence-electron chi connectivity index (χ2n) is 5.33. The highest BCUT2D eigenvalue weighted by Gasteiger charge is 2.19. The molecule has 0 saturated carbocycles. The third-order valence-corrected chi connectivity index (χ3v) is 5.06. The number of nitrogens with one attached hydrogen (secondary N) is 1. The molecule has 3 aromatic rings. The maximum Gasteiger partial charge on any atom is 0.242 e. The van der Waals surface area contributed by atoms with E-state index >= 15 is 0 Å². The van der Waals surface area contributed by atoms with Crippen LogP contribution >= 0.6 is 0 Å². The van der Waals surface area contributed by atoms with E-state index in [9.17, 15) is 12.8 Å². The van der Waals surface area contributed by atoms with Gasteiger partial charge in [-0.3, -0.25) is 0 Å². The van der Waals surface area contributed by atoms with Crippen LogP contribution in [-0.2, 0) is 16.6 Å². The molecule has 0 unspecified atom stereocenters. The van der Waals surface area contributed by atoms with Gasteiger partial charge >= 0.3 is 0 Å². The van der Waals surface area contributed by atoms with Crippen molar-refractivity contribution in [3.63, 3.8) is 0 Å². The van der Waals surface area contributed by atoms with Crippen molar-refractivity contribution >= 4 is 10.0 Å². The largest absolute Gasteiger partial charge is 0.493 e. The molecule has 0 aliphatic heterocycles. The second-order valence-corrected chi connectivity index (χ2v) is 7.10. The predicted octanol–water partition coefficient (Wildman–Crippen LogP) is 2.37. The normalized spacial score (nSPS) is 11.4. The maximum atomic E-state index is 13.8. The van der Waals surface area contributed by atoms with Crippen LogP contribution in [0.5, 0.6) is 11.5 Å². The second kappa shape index (κ2) is 7.72. The first-order chi connectivity index (χ1) is 12.9. The highest BCUT2D eigenvalue weighted by Crippen LogP contribution is 2.29. The van der Waals surface area contributed by atoms with Crippen LogP contribution in [0.1, 0.15) is 5.89 Å². The summed E-state index contributed by atoms with van der Waals surface area (Å²) in [7, 11) is -1.01. The zero-order valence-electron chi connectivity index (χ0n) is 14.5. The molecule has 8 nitrogen and oxygen atoms in total. The first-order valence-corrected chi connectivity index (χ1v) is 9.22. The van der Waals surface area contributed by atoms with E-state index in [1.807, 2.05) is 0 Å². The fraction of sp³-hybridized carbons (Fsp3) is 0.176. The van der Waals surface area contributed by atoms with E-state index in [4.69, 9.17) is 14.0 Å². The van der Waals surface area contributed by atoms with Crippen LogP contribution in [-0.4, -0.2) is 32.8 Å². The van der Waals surface area contributed by atoms with E-state index in [1.54, 1.807) is 6.07 Å². The summed E-state index contributed by atoms with van der Waals surface area (Å²) in [6.45, 7) is -0.252. The summed E-state index contributed by atoms with van der Waals surface area (Å²) in [6.07, 6.45) is 0. The van der Waals surface area contributed by atoms with E-state index in [0.717, 1.165) is 0 Å². The summed E-state index contributed by atoms with van der Waals surface area (Å²) in [5.41, 5.74) is 0.162. The quantitative estimate of drug-likeness (QED) is 0.657. The minimum Gasteiger partial charge on any atom is -0.493 e. The average Bonchev–Trinajstić information content (AvgIpc) is 3.15. The number of benzene rings is 2. The molecule has 3 rings (SSSR count). The Kier molecular flexibility index (Phi) is 5.38. The van der Waals surface area contributed by atoms with Crippen molar-refractivity contribution in [3.05, 3.63) is 54.2 Å². The molecular formula is C17H16FN3O5S. The van der Waals surface area contributed by atoms with E-state index in [-0.39, 0.29) is 34.5 Å². The van der Waals surface area contributed by atoms with Crippen LogP contribution in [0.25, 0.3) is 11.4 Å². The number of rotatable bonds is 7. The number of nitrogens with zero attached hydrogens (tertiary/aromatic N) is 2. The molecule has 0 spiro atoms. The standard InChI is InChI=1S/C17H16FN3O5S/c1-24-14-8-7-11(9-15(14)25-2)27(22,23)19-10-16-20-17(21-26-16)12-5-3-4-6-13(12)18/h3-9,19H,10H2,1-2H3. The Morgan fingerprint density at radius 3 is 2.56 bits per heavy atom. The number of ether oxygens (including phenoxy) is 2. The van der Waals surface area contributed by atoms with Crippen LogP contribution < -0.4 is 14.2 Å². The SMILES string of the molecule is COc1ccc(S(=O)(=O)NCc2nc(-c3ccccc3F)no2)cc1OC. The van der Waals surface area contributed by atoms with Crippen molar-refractivity contribution in [2.45, 2.75) is 11.4 Å². The number of hydrogen-bond acceptors (Lipinski definition) is 7. The van der Waals surface area contributed by atoms with E-state index in [1.165, 1.54) is 50.6 Å². The molecule has 0 atom stereocenters. The van der Waals surface area contributed by atoms with Crippen molar-refractivity contribution in [3.8, 4) is 22.9 Å². The van der Waals surface area contributed by atoms with Gasteiger partial charge in [-0.25, -0.2) is 17.5 Å². The Morgan fingerprint density at radius 2 is 1.85 bits per heavy atom. The lowest BCUT2D eigenvalue weighted by Gasteiger charge is -2.10. The van der Waals surface area contributed by atoms with Crippen LogP contribution in [0.15, 0.2) is 51.9 Å². The van der Waals surface area contributed by atoms with Gasteiger partial charge in [0, 0.05) is 6.07 Å². The van der Waals surface area contributed by atoms with Gasteiger partial charge in [-0.15, -0.1) is 0 Å². The molecule has 1 N–H and O–H groups in total. The zero-order valence-corrected chi connectivity index (χ0v) is 15.3. The Balaban J connectivity index is 1.76. The van der Waals surface area contributed by atoms with Crippen molar-refractivity contribution in [1.29, 1.82) is 0 Å². The lowest BCUT2D eigenvalue weighted by Crippen LogP contribution is -2.23. The summed E-state index contributed by atoms with van der Waals surface area (Å²) in [4.78, 5) is 3.99. The molecule has 1 heterocycles. The molecule has 27 heavy (non-hydrogen) atoms. The lowest BCUT2D eigenvalue weighted by atomic mass is 10.2.